The number of Topliss-reactive ketones (excluding diaryl/α,β-unsaturated/α-hetero) is 1. The summed E-state index contributed by atoms with van der Waals surface area (Å²) in [4.78, 5) is 24.0. The molecule has 1 aromatic carbocycles. The smallest absolute Gasteiger partial charge is 0.163 e. The number of hydrogen-bond donors (Lipinski definition) is 0. The van der Waals surface area contributed by atoms with Crippen molar-refractivity contribution < 1.29 is 4.79 Å². The average molecular weight is 377 g/mol. The van der Waals surface area contributed by atoms with Gasteiger partial charge in [-0.05, 0) is 43.1 Å². The number of nitrogens with zero attached hydrogens (tertiary/aromatic N) is 4. The van der Waals surface area contributed by atoms with Crippen LogP contribution in [0.25, 0.3) is 0 Å². The Labute approximate surface area is 167 Å². The number of likely N-dealkylation sites (tertiary alicyclic amines) is 1. The SMILES string of the molecule is CN1CCN2c3c(cccc31)C1CN(CCCC(=O)c3ccncc3)CCC12. The number of ketones is 1. The number of aromatic nitrogens is 1. The van der Waals surface area contributed by atoms with E-state index < -0.39 is 0 Å². The van der Waals surface area contributed by atoms with E-state index in [4.69, 9.17) is 0 Å². The van der Waals surface area contributed by atoms with Gasteiger partial charge in [-0.2, -0.15) is 0 Å². The molecule has 3 aliphatic heterocycles. The van der Waals surface area contributed by atoms with Crippen LogP contribution in [0.4, 0.5) is 11.4 Å². The molecule has 0 saturated carbocycles. The molecule has 5 rings (SSSR count). The quantitative estimate of drug-likeness (QED) is 0.750. The Hall–Kier alpha value is -2.40. The molecule has 2 atom stereocenters. The average Bonchev–Trinajstić information content (AvgIpc) is 3.06. The number of fused-ring (bicyclic) bond motifs is 3. The number of hydrogen-bond acceptors (Lipinski definition) is 5. The highest BCUT2D eigenvalue weighted by atomic mass is 16.1. The van der Waals surface area contributed by atoms with Crippen LogP contribution in [0.5, 0.6) is 0 Å². The first kappa shape index (κ1) is 17.7. The highest BCUT2D eigenvalue weighted by Gasteiger charge is 2.44. The molecule has 0 N–H and O–H groups in total. The number of pyridine rings is 1. The minimum Gasteiger partial charge on any atom is -0.371 e. The van der Waals surface area contributed by atoms with Crippen molar-refractivity contribution in [2.45, 2.75) is 31.2 Å². The molecule has 0 amide bonds. The van der Waals surface area contributed by atoms with Gasteiger partial charge in [-0.25, -0.2) is 0 Å². The molecule has 0 spiro atoms. The summed E-state index contributed by atoms with van der Waals surface area (Å²) in [7, 11) is 2.21. The second kappa shape index (κ2) is 7.21. The van der Waals surface area contributed by atoms with Crippen LogP contribution in [-0.4, -0.2) is 61.5 Å². The molecule has 28 heavy (non-hydrogen) atoms. The molecule has 3 aliphatic rings. The molecular formula is C23H28N4O. The lowest BCUT2D eigenvalue weighted by atomic mass is 9.89. The summed E-state index contributed by atoms with van der Waals surface area (Å²) in [5.74, 6) is 0.833. The van der Waals surface area contributed by atoms with Crippen LogP contribution >= 0.6 is 0 Å². The van der Waals surface area contributed by atoms with E-state index in [0.717, 1.165) is 44.7 Å². The molecule has 2 aromatic rings. The van der Waals surface area contributed by atoms with E-state index in [9.17, 15) is 4.79 Å². The van der Waals surface area contributed by atoms with Gasteiger partial charge >= 0.3 is 0 Å². The number of carbonyl (C=O) groups is 1. The molecule has 0 radical (unpaired) electrons. The van der Waals surface area contributed by atoms with Crippen LogP contribution in [-0.2, 0) is 0 Å². The number of rotatable bonds is 5. The minimum absolute atomic E-state index is 0.230. The van der Waals surface area contributed by atoms with Crippen molar-refractivity contribution in [1.82, 2.24) is 9.88 Å². The molecule has 1 saturated heterocycles. The Balaban J connectivity index is 1.24. The van der Waals surface area contributed by atoms with Gasteiger partial charge in [-0.1, -0.05) is 12.1 Å². The largest absolute Gasteiger partial charge is 0.371 e. The highest BCUT2D eigenvalue weighted by molar-refractivity contribution is 5.95. The van der Waals surface area contributed by atoms with Crippen molar-refractivity contribution in [3.63, 3.8) is 0 Å². The summed E-state index contributed by atoms with van der Waals surface area (Å²) >= 11 is 0. The first-order valence-electron chi connectivity index (χ1n) is 10.5. The van der Waals surface area contributed by atoms with Crippen molar-refractivity contribution in [2.75, 3.05) is 49.6 Å². The van der Waals surface area contributed by atoms with Gasteiger partial charge in [-0.3, -0.25) is 9.78 Å². The van der Waals surface area contributed by atoms with E-state index in [0.29, 0.717) is 18.4 Å². The van der Waals surface area contributed by atoms with Gasteiger partial charge in [0.25, 0.3) is 0 Å². The number of para-hydroxylation sites is 1. The fourth-order valence-corrected chi connectivity index (χ4v) is 5.32. The van der Waals surface area contributed by atoms with Gasteiger partial charge in [-0.15, -0.1) is 0 Å². The van der Waals surface area contributed by atoms with Crippen molar-refractivity contribution >= 4 is 17.2 Å². The van der Waals surface area contributed by atoms with Crippen LogP contribution in [0.2, 0.25) is 0 Å². The van der Waals surface area contributed by atoms with Crippen LogP contribution in [0.1, 0.15) is 41.1 Å². The summed E-state index contributed by atoms with van der Waals surface area (Å²) < 4.78 is 0. The second-order valence-electron chi connectivity index (χ2n) is 8.36. The van der Waals surface area contributed by atoms with Crippen LogP contribution < -0.4 is 9.80 Å². The number of benzene rings is 1. The van der Waals surface area contributed by atoms with E-state index in [-0.39, 0.29) is 5.78 Å². The van der Waals surface area contributed by atoms with Gasteiger partial charge in [0.15, 0.2) is 5.78 Å². The maximum atomic E-state index is 12.3. The van der Waals surface area contributed by atoms with Gasteiger partial charge < -0.3 is 14.7 Å². The number of anilines is 2. The van der Waals surface area contributed by atoms with Crippen LogP contribution in [0.15, 0.2) is 42.7 Å². The minimum atomic E-state index is 0.230. The number of carbonyl (C=O) groups excluding carboxylic acids is 1. The third kappa shape index (κ3) is 2.98. The van der Waals surface area contributed by atoms with E-state index in [2.05, 4.69) is 44.9 Å². The molecule has 4 heterocycles. The van der Waals surface area contributed by atoms with E-state index >= 15 is 0 Å². The van der Waals surface area contributed by atoms with Crippen LogP contribution in [0.3, 0.4) is 0 Å². The molecule has 5 nitrogen and oxygen atoms in total. The summed E-state index contributed by atoms with van der Waals surface area (Å²) in [6.45, 7) is 5.52. The summed E-state index contributed by atoms with van der Waals surface area (Å²) in [6.07, 6.45) is 6.16. The highest BCUT2D eigenvalue weighted by Crippen LogP contribution is 2.50. The molecule has 0 bridgehead atoms. The Morgan fingerprint density at radius 1 is 1.14 bits per heavy atom. The third-order valence-corrected chi connectivity index (χ3v) is 6.76. The summed E-state index contributed by atoms with van der Waals surface area (Å²) in [5, 5.41) is 0. The Kier molecular flexibility index (Phi) is 4.55. The molecule has 2 unspecified atom stereocenters. The summed E-state index contributed by atoms with van der Waals surface area (Å²) in [5.41, 5.74) is 5.20. The lowest BCUT2D eigenvalue weighted by Crippen LogP contribution is -2.49. The Bertz CT molecular complexity index is 868. The molecule has 0 aliphatic carbocycles. The lowest BCUT2D eigenvalue weighted by Gasteiger charge is -2.41. The predicted molar refractivity (Wildman–Crippen MR) is 112 cm³/mol. The predicted octanol–water partition coefficient (Wildman–Crippen LogP) is 3.17. The third-order valence-electron chi connectivity index (χ3n) is 6.76. The molecule has 1 fully saturated rings. The van der Waals surface area contributed by atoms with Gasteiger partial charge in [0.05, 0.1) is 11.4 Å². The number of likely N-dealkylation sites (N-methyl/N-ethyl adjacent to an activating group) is 1. The standard InChI is InChI=1S/C23H28N4O/c1-25-14-15-27-20-9-13-26(12-3-6-22(28)17-7-10-24-11-8-17)16-19(20)18-4-2-5-21(25)23(18)27/h2,4-5,7-8,10-11,19-20H,3,6,9,12-16H2,1H3. The Morgan fingerprint density at radius 2 is 2.00 bits per heavy atom. The molecule has 146 valence electrons. The van der Waals surface area contributed by atoms with E-state index in [1.54, 1.807) is 12.4 Å². The second-order valence-corrected chi connectivity index (χ2v) is 8.36. The fraction of sp³-hybridized carbons (Fsp3) is 0.478. The molecular weight excluding hydrogens is 348 g/mol. The van der Waals surface area contributed by atoms with Gasteiger partial charge in [0.2, 0.25) is 0 Å². The number of piperidine rings is 1. The van der Waals surface area contributed by atoms with Crippen LogP contribution in [0, 0.1) is 0 Å². The zero-order chi connectivity index (χ0) is 19.1. The normalized spacial score (nSPS) is 23.5. The monoisotopic (exact) mass is 376 g/mol. The topological polar surface area (TPSA) is 39.7 Å². The van der Waals surface area contributed by atoms with E-state index in [1.165, 1.54) is 23.4 Å². The molecule has 5 heteroatoms. The zero-order valence-corrected chi connectivity index (χ0v) is 16.6. The van der Waals surface area contributed by atoms with Gasteiger partial charge in [0.1, 0.15) is 0 Å². The first-order chi connectivity index (χ1) is 13.7. The maximum absolute atomic E-state index is 12.3. The Morgan fingerprint density at radius 3 is 2.86 bits per heavy atom. The summed E-state index contributed by atoms with van der Waals surface area (Å²) in [6, 6.07) is 11.1. The zero-order valence-electron chi connectivity index (χ0n) is 16.6. The first-order valence-corrected chi connectivity index (χ1v) is 10.5. The van der Waals surface area contributed by atoms with Crippen molar-refractivity contribution in [1.29, 1.82) is 0 Å². The maximum Gasteiger partial charge on any atom is 0.163 e. The van der Waals surface area contributed by atoms with E-state index in [1.807, 2.05) is 12.1 Å². The lowest BCUT2D eigenvalue weighted by molar-refractivity contribution is 0.0971. The van der Waals surface area contributed by atoms with Gasteiger partial charge in [0, 0.05) is 69.6 Å². The van der Waals surface area contributed by atoms with Crippen molar-refractivity contribution in [3.05, 3.63) is 53.9 Å². The molecule has 1 aromatic heterocycles. The van der Waals surface area contributed by atoms with Crippen molar-refractivity contribution in [3.8, 4) is 0 Å². The fourth-order valence-electron chi connectivity index (χ4n) is 5.32. The van der Waals surface area contributed by atoms with Crippen molar-refractivity contribution in [2.24, 2.45) is 0 Å².